The fourth-order valence-electron chi connectivity index (χ4n) is 2.30. The molecule has 0 unspecified atom stereocenters. The molecule has 1 saturated carbocycles. The molecule has 0 aromatic carbocycles. The largest absolute Gasteiger partial charge is 0.394 e. The molecule has 1 aliphatic rings. The molecule has 1 aliphatic carbocycles. The molecule has 0 aromatic heterocycles. The average Bonchev–Trinajstić information content (AvgIpc) is 2.36. The van der Waals surface area contributed by atoms with Crippen molar-refractivity contribution in [3.05, 3.63) is 0 Å². The average molecular weight is 242 g/mol. The van der Waals surface area contributed by atoms with Crippen molar-refractivity contribution in [2.45, 2.75) is 57.5 Å². The third kappa shape index (κ3) is 3.96. The summed E-state index contributed by atoms with van der Waals surface area (Å²) >= 11 is 0. The molecule has 0 atom stereocenters. The van der Waals surface area contributed by atoms with E-state index in [9.17, 15) is 9.90 Å². The highest BCUT2D eigenvalue weighted by Gasteiger charge is 2.31. The Kier molecular flexibility index (Phi) is 5.40. The van der Waals surface area contributed by atoms with Crippen LogP contribution < -0.4 is 5.32 Å². The Balaban J connectivity index is 2.44. The van der Waals surface area contributed by atoms with E-state index >= 15 is 0 Å². The first-order valence-electron chi connectivity index (χ1n) is 6.62. The summed E-state index contributed by atoms with van der Waals surface area (Å²) < 4.78 is 0. The van der Waals surface area contributed by atoms with E-state index in [1.165, 1.54) is 6.42 Å². The van der Waals surface area contributed by atoms with Crippen LogP contribution in [-0.2, 0) is 4.79 Å². The van der Waals surface area contributed by atoms with E-state index in [0.717, 1.165) is 25.7 Å². The van der Waals surface area contributed by atoms with E-state index in [1.54, 1.807) is 4.90 Å². The van der Waals surface area contributed by atoms with Gasteiger partial charge in [-0.15, -0.1) is 0 Å². The molecule has 17 heavy (non-hydrogen) atoms. The van der Waals surface area contributed by atoms with E-state index in [2.05, 4.69) is 5.32 Å². The second-order valence-corrected chi connectivity index (χ2v) is 5.45. The van der Waals surface area contributed by atoms with Crippen LogP contribution >= 0.6 is 0 Å². The predicted molar refractivity (Wildman–Crippen MR) is 68.8 cm³/mol. The van der Waals surface area contributed by atoms with Crippen LogP contribution in [-0.4, -0.2) is 47.7 Å². The minimum Gasteiger partial charge on any atom is -0.394 e. The third-order valence-electron chi connectivity index (χ3n) is 3.90. The SMILES string of the molecule is CC(C)N(C)C(=O)CNC1(CO)CCCCC1. The lowest BCUT2D eigenvalue weighted by molar-refractivity contribution is -0.131. The van der Waals surface area contributed by atoms with Gasteiger partial charge in [-0.2, -0.15) is 0 Å². The summed E-state index contributed by atoms with van der Waals surface area (Å²) in [4.78, 5) is 13.6. The van der Waals surface area contributed by atoms with Crippen LogP contribution in [0.15, 0.2) is 0 Å². The van der Waals surface area contributed by atoms with E-state index in [0.29, 0.717) is 6.54 Å². The molecule has 1 rings (SSSR count). The Bertz CT molecular complexity index is 248. The molecule has 0 radical (unpaired) electrons. The molecule has 1 amide bonds. The van der Waals surface area contributed by atoms with Crippen LogP contribution in [0, 0.1) is 0 Å². The second-order valence-electron chi connectivity index (χ2n) is 5.45. The van der Waals surface area contributed by atoms with Gasteiger partial charge in [-0.3, -0.25) is 4.79 Å². The fourth-order valence-corrected chi connectivity index (χ4v) is 2.30. The smallest absolute Gasteiger partial charge is 0.236 e. The number of aliphatic hydroxyl groups excluding tert-OH is 1. The lowest BCUT2D eigenvalue weighted by Crippen LogP contribution is -2.53. The Morgan fingerprint density at radius 3 is 2.41 bits per heavy atom. The monoisotopic (exact) mass is 242 g/mol. The van der Waals surface area contributed by atoms with Crippen molar-refractivity contribution < 1.29 is 9.90 Å². The van der Waals surface area contributed by atoms with Gasteiger partial charge in [0, 0.05) is 18.6 Å². The molecule has 0 bridgehead atoms. The standard InChI is InChI=1S/C13H26N2O2/c1-11(2)15(3)12(17)9-14-13(10-16)7-5-4-6-8-13/h11,14,16H,4-10H2,1-3H3. The van der Waals surface area contributed by atoms with Gasteiger partial charge in [0.05, 0.1) is 13.2 Å². The molecule has 0 heterocycles. The van der Waals surface area contributed by atoms with Crippen molar-refractivity contribution in [1.29, 1.82) is 0 Å². The van der Waals surface area contributed by atoms with Gasteiger partial charge in [-0.25, -0.2) is 0 Å². The van der Waals surface area contributed by atoms with Crippen molar-refractivity contribution in [3.63, 3.8) is 0 Å². The van der Waals surface area contributed by atoms with Gasteiger partial charge in [-0.05, 0) is 26.7 Å². The van der Waals surface area contributed by atoms with Crippen molar-refractivity contribution in [2.75, 3.05) is 20.2 Å². The maximum absolute atomic E-state index is 11.9. The van der Waals surface area contributed by atoms with Gasteiger partial charge in [0.25, 0.3) is 0 Å². The summed E-state index contributed by atoms with van der Waals surface area (Å²) in [5.41, 5.74) is -0.217. The summed E-state index contributed by atoms with van der Waals surface area (Å²) in [7, 11) is 1.82. The normalized spacial score (nSPS) is 19.4. The fraction of sp³-hybridized carbons (Fsp3) is 0.923. The van der Waals surface area contributed by atoms with E-state index < -0.39 is 0 Å². The Morgan fingerprint density at radius 2 is 1.94 bits per heavy atom. The Morgan fingerprint density at radius 1 is 1.35 bits per heavy atom. The number of carbonyl (C=O) groups excluding carboxylic acids is 1. The molecule has 2 N–H and O–H groups in total. The van der Waals surface area contributed by atoms with Crippen LogP contribution in [0.4, 0.5) is 0 Å². The molecular weight excluding hydrogens is 216 g/mol. The number of hydrogen-bond acceptors (Lipinski definition) is 3. The topological polar surface area (TPSA) is 52.6 Å². The van der Waals surface area contributed by atoms with Gasteiger partial charge >= 0.3 is 0 Å². The van der Waals surface area contributed by atoms with Crippen LogP contribution in [0.5, 0.6) is 0 Å². The lowest BCUT2D eigenvalue weighted by Gasteiger charge is -2.37. The van der Waals surface area contributed by atoms with Crippen molar-refractivity contribution in [3.8, 4) is 0 Å². The molecule has 0 aromatic rings. The zero-order chi connectivity index (χ0) is 12.9. The minimum absolute atomic E-state index is 0.0957. The van der Waals surface area contributed by atoms with Gasteiger partial charge in [0.15, 0.2) is 0 Å². The summed E-state index contributed by atoms with van der Waals surface area (Å²) in [6.45, 7) is 4.46. The quantitative estimate of drug-likeness (QED) is 0.760. The number of amides is 1. The molecular formula is C13H26N2O2. The zero-order valence-electron chi connectivity index (χ0n) is 11.3. The predicted octanol–water partition coefficient (Wildman–Crippen LogP) is 1.14. The first-order valence-corrected chi connectivity index (χ1v) is 6.62. The maximum Gasteiger partial charge on any atom is 0.236 e. The third-order valence-corrected chi connectivity index (χ3v) is 3.90. The lowest BCUT2D eigenvalue weighted by atomic mass is 9.82. The number of rotatable bonds is 5. The highest BCUT2D eigenvalue weighted by Crippen LogP contribution is 2.27. The van der Waals surface area contributed by atoms with Crippen LogP contribution in [0.3, 0.4) is 0 Å². The minimum atomic E-state index is -0.217. The van der Waals surface area contributed by atoms with Crippen molar-refractivity contribution in [1.82, 2.24) is 10.2 Å². The van der Waals surface area contributed by atoms with E-state index in [4.69, 9.17) is 0 Å². The number of likely N-dealkylation sites (N-methyl/N-ethyl adjacent to an activating group) is 1. The maximum atomic E-state index is 11.9. The molecule has 4 nitrogen and oxygen atoms in total. The van der Waals surface area contributed by atoms with Crippen LogP contribution in [0.2, 0.25) is 0 Å². The van der Waals surface area contributed by atoms with Gasteiger partial charge in [0.1, 0.15) is 0 Å². The number of nitrogens with one attached hydrogen (secondary N) is 1. The van der Waals surface area contributed by atoms with Crippen molar-refractivity contribution in [2.24, 2.45) is 0 Å². The summed E-state index contributed by atoms with van der Waals surface area (Å²) in [5, 5.41) is 12.8. The van der Waals surface area contributed by atoms with E-state index in [-0.39, 0.29) is 24.1 Å². The highest BCUT2D eigenvalue weighted by atomic mass is 16.3. The number of hydrogen-bond donors (Lipinski definition) is 2. The zero-order valence-corrected chi connectivity index (χ0v) is 11.3. The number of aliphatic hydroxyl groups is 1. The molecule has 1 fully saturated rings. The van der Waals surface area contributed by atoms with Gasteiger partial charge in [0.2, 0.25) is 5.91 Å². The highest BCUT2D eigenvalue weighted by molar-refractivity contribution is 5.78. The first-order chi connectivity index (χ1) is 8.01. The number of carbonyl (C=O) groups is 1. The molecule has 0 spiro atoms. The Labute approximate surface area is 104 Å². The van der Waals surface area contributed by atoms with E-state index in [1.807, 2.05) is 20.9 Å². The molecule has 0 saturated heterocycles. The van der Waals surface area contributed by atoms with Gasteiger partial charge in [-0.1, -0.05) is 19.3 Å². The van der Waals surface area contributed by atoms with Crippen LogP contribution in [0.1, 0.15) is 46.0 Å². The van der Waals surface area contributed by atoms with Crippen molar-refractivity contribution >= 4 is 5.91 Å². The summed E-state index contributed by atoms with van der Waals surface area (Å²) in [6, 6.07) is 0.223. The number of nitrogens with zero attached hydrogens (tertiary/aromatic N) is 1. The van der Waals surface area contributed by atoms with Crippen LogP contribution in [0.25, 0.3) is 0 Å². The molecule has 0 aliphatic heterocycles. The second kappa shape index (κ2) is 6.36. The molecule has 4 heteroatoms. The summed E-state index contributed by atoms with van der Waals surface area (Å²) in [6.07, 6.45) is 5.47. The summed E-state index contributed by atoms with van der Waals surface area (Å²) in [5.74, 6) is 0.0957. The Hall–Kier alpha value is -0.610. The molecule has 100 valence electrons. The van der Waals surface area contributed by atoms with Gasteiger partial charge < -0.3 is 15.3 Å². The first kappa shape index (κ1) is 14.5.